The van der Waals surface area contributed by atoms with Gasteiger partial charge in [0.15, 0.2) is 0 Å². The predicted molar refractivity (Wildman–Crippen MR) is 164 cm³/mol. The molecule has 1 aliphatic rings. The van der Waals surface area contributed by atoms with Gasteiger partial charge in [-0.2, -0.15) is 18.2 Å². The van der Waals surface area contributed by atoms with Crippen molar-refractivity contribution in [2.75, 3.05) is 45.9 Å². The summed E-state index contributed by atoms with van der Waals surface area (Å²) in [6, 6.07) is 5.39. The van der Waals surface area contributed by atoms with E-state index in [9.17, 15) is 27.6 Å². The second-order valence-electron chi connectivity index (χ2n) is 12.6. The molecule has 16 heteroatoms. The Morgan fingerprint density at radius 1 is 0.913 bits per heavy atom. The maximum Gasteiger partial charge on any atom is 0.473 e. The molecule has 0 unspecified atom stereocenters. The van der Waals surface area contributed by atoms with E-state index in [1.54, 1.807) is 57.4 Å². The molecule has 0 atom stereocenters. The molecule has 1 aromatic rings. The Hall–Kier alpha value is -3.79. The summed E-state index contributed by atoms with van der Waals surface area (Å²) in [5, 5.41) is 5.26. The molecule has 0 radical (unpaired) electrons. The topological polar surface area (TPSA) is 157 Å². The predicted octanol–water partition coefficient (Wildman–Crippen LogP) is 3.89. The molecule has 3 amide bonds. The highest BCUT2D eigenvalue weighted by molar-refractivity contribution is 5.95. The zero-order chi connectivity index (χ0) is 34.5. The lowest BCUT2D eigenvalue weighted by molar-refractivity contribution is -0.169. The first-order valence-corrected chi connectivity index (χ1v) is 15.1. The standard InChI is InChI=1S/C30H47F3N6O7/c1-28(2,3)45-26(41)35-12-7-14-38(15-8-13-36-27(42)46-29(4,5)6)25(37-24(40)30(31,32)33)39-16-11-21-19-23(43-17-18-44-34)10-9-22(21)20-39/h9-10,19H,7-8,11-18,20,34H2,1-6H3,(H,35,41)(H,36,42)/b37-25-. The molecule has 4 N–H and O–H groups in total. The number of hydrogen-bond donors (Lipinski definition) is 3. The van der Waals surface area contributed by atoms with E-state index in [0.717, 1.165) is 11.1 Å². The van der Waals surface area contributed by atoms with Crippen LogP contribution in [0.25, 0.3) is 0 Å². The number of benzene rings is 1. The molecule has 1 aromatic carbocycles. The number of carbonyl (C=O) groups is 3. The van der Waals surface area contributed by atoms with Crippen LogP contribution in [0.15, 0.2) is 23.2 Å². The molecule has 0 bridgehead atoms. The molecule has 46 heavy (non-hydrogen) atoms. The van der Waals surface area contributed by atoms with Gasteiger partial charge in [-0.1, -0.05) is 6.07 Å². The number of amides is 3. The van der Waals surface area contributed by atoms with Crippen LogP contribution in [0.5, 0.6) is 5.75 Å². The van der Waals surface area contributed by atoms with Crippen LogP contribution in [-0.2, 0) is 32.1 Å². The summed E-state index contributed by atoms with van der Waals surface area (Å²) in [5.74, 6) is 3.25. The van der Waals surface area contributed by atoms with E-state index in [2.05, 4.69) is 20.5 Å². The SMILES string of the molecule is CC(C)(C)OC(=O)NCCCN(CCCNC(=O)OC(C)(C)C)/C(=N/C(=O)C(F)(F)F)N1CCc2cc(OCCON)ccc2C1. The van der Waals surface area contributed by atoms with Gasteiger partial charge in [0.25, 0.3) is 0 Å². The smallest absolute Gasteiger partial charge is 0.473 e. The minimum Gasteiger partial charge on any atom is -0.491 e. The van der Waals surface area contributed by atoms with Gasteiger partial charge >= 0.3 is 24.3 Å². The summed E-state index contributed by atoms with van der Waals surface area (Å²) >= 11 is 0. The van der Waals surface area contributed by atoms with Crippen LogP contribution < -0.4 is 21.3 Å². The second-order valence-corrected chi connectivity index (χ2v) is 12.6. The number of ether oxygens (including phenoxy) is 3. The fraction of sp³-hybridized carbons (Fsp3) is 0.667. The molecule has 2 rings (SSSR count). The summed E-state index contributed by atoms with van der Waals surface area (Å²) in [7, 11) is 0. The molecule has 0 spiro atoms. The summed E-state index contributed by atoms with van der Waals surface area (Å²) in [6.45, 7) is 11.9. The average molecular weight is 661 g/mol. The quantitative estimate of drug-likeness (QED) is 0.130. The Kier molecular flexibility index (Phi) is 14.4. The number of carbonyl (C=O) groups excluding carboxylic acids is 3. The van der Waals surface area contributed by atoms with Crippen LogP contribution in [0, 0.1) is 0 Å². The molecule has 0 aromatic heterocycles. The summed E-state index contributed by atoms with van der Waals surface area (Å²) in [6.07, 6.45) is -5.39. The number of nitrogens with zero attached hydrogens (tertiary/aromatic N) is 3. The molecule has 1 aliphatic heterocycles. The van der Waals surface area contributed by atoms with Crippen molar-refractivity contribution >= 4 is 24.1 Å². The first kappa shape index (κ1) is 38.4. The maximum absolute atomic E-state index is 13.5. The normalized spacial score (nSPS) is 13.9. The van der Waals surface area contributed by atoms with Gasteiger partial charge < -0.3 is 39.5 Å². The van der Waals surface area contributed by atoms with Crippen LogP contribution in [0.2, 0.25) is 0 Å². The zero-order valence-electron chi connectivity index (χ0n) is 27.4. The lowest BCUT2D eigenvalue weighted by atomic mass is 9.99. The summed E-state index contributed by atoms with van der Waals surface area (Å²) < 4.78 is 56.5. The van der Waals surface area contributed by atoms with Crippen molar-refractivity contribution in [3.8, 4) is 5.75 Å². The molecule has 0 saturated heterocycles. The molecule has 0 aliphatic carbocycles. The molecule has 260 valence electrons. The lowest BCUT2D eigenvalue weighted by Crippen LogP contribution is -2.49. The number of alkyl halides is 3. The minimum absolute atomic E-state index is 0.144. The van der Waals surface area contributed by atoms with E-state index in [1.165, 1.54) is 0 Å². The van der Waals surface area contributed by atoms with E-state index >= 15 is 0 Å². The average Bonchev–Trinajstić information content (AvgIpc) is 2.92. The van der Waals surface area contributed by atoms with E-state index < -0.39 is 35.5 Å². The number of hydrogen-bond acceptors (Lipinski definition) is 8. The number of aliphatic imine (C=N–C) groups is 1. The number of nitrogens with two attached hydrogens (primary N) is 1. The molecule has 0 fully saturated rings. The largest absolute Gasteiger partial charge is 0.491 e. The number of halogens is 3. The fourth-order valence-electron chi connectivity index (χ4n) is 4.35. The van der Waals surface area contributed by atoms with Gasteiger partial charge in [0.05, 0.1) is 0 Å². The van der Waals surface area contributed by atoms with Gasteiger partial charge in [-0.3, -0.25) is 4.79 Å². The van der Waals surface area contributed by atoms with Crippen molar-refractivity contribution in [3.63, 3.8) is 0 Å². The van der Waals surface area contributed by atoms with Crippen LogP contribution in [0.4, 0.5) is 22.8 Å². The Morgan fingerprint density at radius 3 is 1.98 bits per heavy atom. The molecule has 0 saturated carbocycles. The van der Waals surface area contributed by atoms with Crippen molar-refractivity contribution in [2.45, 2.75) is 84.7 Å². The maximum atomic E-state index is 13.5. The number of fused-ring (bicyclic) bond motifs is 1. The second kappa shape index (κ2) is 17.2. The highest BCUT2D eigenvalue weighted by Gasteiger charge is 2.40. The number of alkyl carbamates (subject to hydrolysis) is 2. The first-order chi connectivity index (χ1) is 21.4. The van der Waals surface area contributed by atoms with Crippen molar-refractivity contribution in [2.24, 2.45) is 10.9 Å². The number of rotatable bonds is 12. The van der Waals surface area contributed by atoms with E-state index in [-0.39, 0.29) is 58.4 Å². The third kappa shape index (κ3) is 14.5. The monoisotopic (exact) mass is 660 g/mol. The third-order valence-corrected chi connectivity index (χ3v) is 6.22. The van der Waals surface area contributed by atoms with E-state index in [0.29, 0.717) is 25.0 Å². The molecule has 1 heterocycles. The van der Waals surface area contributed by atoms with E-state index in [4.69, 9.17) is 20.1 Å². The Labute approximate surface area is 267 Å². The third-order valence-electron chi connectivity index (χ3n) is 6.22. The van der Waals surface area contributed by atoms with Gasteiger partial charge in [-0.25, -0.2) is 15.5 Å². The van der Waals surface area contributed by atoms with Crippen molar-refractivity contribution in [1.29, 1.82) is 0 Å². The van der Waals surface area contributed by atoms with Crippen LogP contribution in [-0.4, -0.2) is 97.2 Å². The van der Waals surface area contributed by atoms with Gasteiger partial charge in [0.2, 0.25) is 5.96 Å². The Morgan fingerprint density at radius 2 is 1.48 bits per heavy atom. The Balaban J connectivity index is 2.27. The van der Waals surface area contributed by atoms with Crippen LogP contribution in [0.3, 0.4) is 0 Å². The highest BCUT2D eigenvalue weighted by Crippen LogP contribution is 2.26. The Bertz CT molecular complexity index is 1160. The molecular weight excluding hydrogens is 613 g/mol. The lowest BCUT2D eigenvalue weighted by Gasteiger charge is -2.37. The highest BCUT2D eigenvalue weighted by atomic mass is 19.4. The summed E-state index contributed by atoms with van der Waals surface area (Å²) in [4.78, 5) is 47.7. The van der Waals surface area contributed by atoms with Crippen molar-refractivity contribution < 1.29 is 46.6 Å². The molecule has 13 nitrogen and oxygen atoms in total. The number of guanidine groups is 1. The van der Waals surface area contributed by atoms with Crippen molar-refractivity contribution in [3.05, 3.63) is 29.3 Å². The van der Waals surface area contributed by atoms with Crippen LogP contribution >= 0.6 is 0 Å². The minimum atomic E-state index is -5.18. The van der Waals surface area contributed by atoms with Crippen molar-refractivity contribution in [1.82, 2.24) is 20.4 Å². The zero-order valence-corrected chi connectivity index (χ0v) is 27.4. The molecular formula is C30H47F3N6O7. The van der Waals surface area contributed by atoms with E-state index in [1.807, 2.05) is 12.1 Å². The fourth-order valence-corrected chi connectivity index (χ4v) is 4.35. The first-order valence-electron chi connectivity index (χ1n) is 15.1. The van der Waals surface area contributed by atoms with Gasteiger partial charge in [-0.15, -0.1) is 0 Å². The number of nitrogens with one attached hydrogen (secondary N) is 2. The van der Waals surface area contributed by atoms with Gasteiger partial charge in [-0.05, 0) is 84.1 Å². The van der Waals surface area contributed by atoms with Crippen LogP contribution in [0.1, 0.15) is 65.5 Å². The van der Waals surface area contributed by atoms with Gasteiger partial charge in [0, 0.05) is 39.3 Å². The van der Waals surface area contributed by atoms with Gasteiger partial charge in [0.1, 0.15) is 30.2 Å². The summed E-state index contributed by atoms with van der Waals surface area (Å²) in [5.41, 5.74) is 0.369.